The summed E-state index contributed by atoms with van der Waals surface area (Å²) in [5, 5.41) is 38.9. The van der Waals surface area contributed by atoms with Gasteiger partial charge in [0.2, 0.25) is 6.29 Å². The summed E-state index contributed by atoms with van der Waals surface area (Å²) in [6.07, 6.45) is -5.45. The van der Waals surface area contributed by atoms with Crippen LogP contribution in [0.15, 0.2) is 55.3 Å². The maximum absolute atomic E-state index is 11.1. The molecule has 0 aliphatic carbocycles. The fourth-order valence-electron chi connectivity index (χ4n) is 2.43. The fraction of sp³-hybridized carbons (Fsp3) is 0.278. The fourth-order valence-corrected chi connectivity index (χ4v) is 2.62. The second-order valence-electron chi connectivity index (χ2n) is 5.63. The van der Waals surface area contributed by atoms with Crippen LogP contribution in [0.4, 0.5) is 0 Å². The quantitative estimate of drug-likeness (QED) is 0.433. The first-order valence-electron chi connectivity index (χ1n) is 7.62. The van der Waals surface area contributed by atoms with Crippen molar-refractivity contribution in [1.29, 1.82) is 0 Å². The number of aliphatic carboxylic acids is 1. The first-order chi connectivity index (χ1) is 12.2. The lowest BCUT2D eigenvalue weighted by molar-refractivity contribution is -0.283. The second kappa shape index (κ2) is 8.48. The minimum absolute atomic E-state index is 0.0247. The minimum Gasteiger partial charge on any atom is -0.479 e. The smallest absolute Gasteiger partial charge is 0.335 e. The molecule has 4 N–H and O–H groups in total. The number of carboxylic acid groups (broad SMARTS) is 1. The average Bonchev–Trinajstić information content (AvgIpc) is 2.59. The van der Waals surface area contributed by atoms with E-state index in [0.717, 1.165) is 5.56 Å². The zero-order valence-electron chi connectivity index (χ0n) is 13.7. The maximum atomic E-state index is 11.1. The molecule has 140 valence electrons. The van der Waals surface area contributed by atoms with Gasteiger partial charge in [-0.2, -0.15) is 0 Å². The van der Waals surface area contributed by atoms with Crippen LogP contribution in [0.5, 0.6) is 0 Å². The first kappa shape index (κ1) is 20.2. The molecule has 0 bridgehead atoms. The molecule has 1 aromatic rings. The van der Waals surface area contributed by atoms with E-state index in [1.165, 1.54) is 12.2 Å². The number of carbonyl (C=O) groups is 1. The molecule has 0 radical (unpaired) electrons. The van der Waals surface area contributed by atoms with Gasteiger partial charge in [-0.25, -0.2) is 4.79 Å². The van der Waals surface area contributed by atoms with Crippen molar-refractivity contribution in [2.24, 2.45) is 0 Å². The van der Waals surface area contributed by atoms with E-state index in [2.05, 4.69) is 13.2 Å². The van der Waals surface area contributed by atoms with Crippen LogP contribution in [0.1, 0.15) is 5.56 Å². The Morgan fingerprint density at radius 1 is 1.23 bits per heavy atom. The zero-order chi connectivity index (χ0) is 19.4. The Hall–Kier alpha value is -2.16. The second-order valence-corrected chi connectivity index (χ2v) is 6.07. The molecule has 7 nitrogen and oxygen atoms in total. The normalized spacial score (nSPS) is 29.1. The van der Waals surface area contributed by atoms with Crippen LogP contribution in [0.2, 0.25) is 5.02 Å². The number of halogens is 1. The molecule has 1 aliphatic rings. The Balaban J connectivity index is 2.16. The van der Waals surface area contributed by atoms with Gasteiger partial charge < -0.3 is 29.9 Å². The van der Waals surface area contributed by atoms with E-state index in [4.69, 9.17) is 26.2 Å². The Morgan fingerprint density at radius 3 is 2.50 bits per heavy atom. The van der Waals surface area contributed by atoms with E-state index in [1.807, 2.05) is 0 Å². The molecular formula is C18H19ClO7. The minimum atomic E-state index is -1.79. The number of ether oxygens (including phenoxy) is 2. The number of hydrogen-bond acceptors (Lipinski definition) is 6. The van der Waals surface area contributed by atoms with Crippen LogP contribution in [-0.2, 0) is 14.3 Å². The van der Waals surface area contributed by atoms with Crippen molar-refractivity contribution in [1.82, 2.24) is 0 Å². The topological polar surface area (TPSA) is 116 Å². The van der Waals surface area contributed by atoms with Crippen LogP contribution in [0.3, 0.4) is 0 Å². The van der Waals surface area contributed by atoms with Gasteiger partial charge in [-0.15, -0.1) is 0 Å². The number of allylic oxidation sites excluding steroid dienone is 3. The van der Waals surface area contributed by atoms with Crippen molar-refractivity contribution >= 4 is 23.1 Å². The summed E-state index contributed by atoms with van der Waals surface area (Å²) >= 11 is 5.96. The van der Waals surface area contributed by atoms with E-state index in [0.29, 0.717) is 10.6 Å². The monoisotopic (exact) mass is 382 g/mol. The van der Waals surface area contributed by atoms with E-state index in [9.17, 15) is 20.1 Å². The van der Waals surface area contributed by atoms with Crippen molar-refractivity contribution in [2.75, 3.05) is 0 Å². The number of benzene rings is 1. The Bertz CT molecular complexity index is 730. The van der Waals surface area contributed by atoms with Gasteiger partial charge in [0.25, 0.3) is 0 Å². The van der Waals surface area contributed by atoms with Crippen molar-refractivity contribution in [3.63, 3.8) is 0 Å². The predicted molar refractivity (Wildman–Crippen MR) is 94.2 cm³/mol. The third kappa shape index (κ3) is 4.51. The predicted octanol–water partition coefficient (Wildman–Crippen LogP) is 1.33. The number of carboxylic acids is 1. The van der Waals surface area contributed by atoms with Crippen molar-refractivity contribution in [3.8, 4) is 0 Å². The summed E-state index contributed by atoms with van der Waals surface area (Å²) < 4.78 is 10.4. The third-order valence-corrected chi connectivity index (χ3v) is 4.01. The average molecular weight is 383 g/mol. The Kier molecular flexibility index (Phi) is 6.57. The molecule has 0 saturated carbocycles. The van der Waals surface area contributed by atoms with Gasteiger partial charge in [0, 0.05) is 5.02 Å². The summed E-state index contributed by atoms with van der Waals surface area (Å²) in [4.78, 5) is 11.1. The van der Waals surface area contributed by atoms with Gasteiger partial charge in [0.1, 0.15) is 24.1 Å². The molecule has 26 heavy (non-hydrogen) atoms. The lowest BCUT2D eigenvalue weighted by Gasteiger charge is -2.38. The summed E-state index contributed by atoms with van der Waals surface area (Å²) in [5.74, 6) is -1.47. The molecule has 5 atom stereocenters. The van der Waals surface area contributed by atoms with Gasteiger partial charge in [0.15, 0.2) is 6.10 Å². The van der Waals surface area contributed by atoms with E-state index in [1.54, 1.807) is 24.3 Å². The highest BCUT2D eigenvalue weighted by molar-refractivity contribution is 6.30. The van der Waals surface area contributed by atoms with E-state index >= 15 is 0 Å². The van der Waals surface area contributed by atoms with Gasteiger partial charge in [-0.3, -0.25) is 0 Å². The lowest BCUT2D eigenvalue weighted by atomic mass is 9.99. The lowest BCUT2D eigenvalue weighted by Crippen LogP contribution is -2.60. The highest BCUT2D eigenvalue weighted by atomic mass is 35.5. The van der Waals surface area contributed by atoms with Crippen molar-refractivity contribution < 1.29 is 34.7 Å². The van der Waals surface area contributed by atoms with Crippen molar-refractivity contribution in [2.45, 2.75) is 30.7 Å². The Morgan fingerprint density at radius 2 is 1.92 bits per heavy atom. The van der Waals surface area contributed by atoms with Gasteiger partial charge in [0.05, 0.1) is 0 Å². The molecular weight excluding hydrogens is 364 g/mol. The molecule has 1 heterocycles. The molecule has 1 fully saturated rings. The molecule has 2 rings (SSSR count). The van der Waals surface area contributed by atoms with Crippen LogP contribution < -0.4 is 0 Å². The SMILES string of the molecule is C=CC(=CC(=C)OC1OC(C(=O)O)C(O)C(O)C1O)c1cccc(Cl)c1. The van der Waals surface area contributed by atoms with Gasteiger partial charge >= 0.3 is 5.97 Å². The number of hydrogen-bond donors (Lipinski definition) is 4. The highest BCUT2D eigenvalue weighted by Gasteiger charge is 2.48. The number of aliphatic hydroxyl groups excluding tert-OH is 3. The standard InChI is InChI=1S/C18H19ClO7/c1-3-10(11-5-4-6-12(19)8-11)7-9(2)25-18-15(22)13(20)14(21)16(26-18)17(23)24/h3-8,13-16,18,20-22H,1-2H2,(H,23,24). The van der Waals surface area contributed by atoms with Gasteiger partial charge in [-0.1, -0.05) is 43.0 Å². The molecule has 0 aromatic heterocycles. The van der Waals surface area contributed by atoms with Crippen LogP contribution >= 0.6 is 11.6 Å². The van der Waals surface area contributed by atoms with Crippen molar-refractivity contribution in [3.05, 3.63) is 65.9 Å². The first-order valence-corrected chi connectivity index (χ1v) is 8.00. The molecule has 1 saturated heterocycles. The van der Waals surface area contributed by atoms with Crippen LogP contribution in [-0.4, -0.2) is 57.1 Å². The summed E-state index contributed by atoms with van der Waals surface area (Å²) in [6.45, 7) is 7.37. The van der Waals surface area contributed by atoms with Gasteiger partial charge in [-0.05, 0) is 29.3 Å². The number of aliphatic hydroxyl groups is 3. The molecule has 8 heteroatoms. The third-order valence-electron chi connectivity index (χ3n) is 3.77. The number of rotatable bonds is 6. The summed E-state index contributed by atoms with van der Waals surface area (Å²) in [6, 6.07) is 6.96. The zero-order valence-corrected chi connectivity index (χ0v) is 14.4. The highest BCUT2D eigenvalue weighted by Crippen LogP contribution is 2.26. The molecule has 0 amide bonds. The Labute approximate surface area is 155 Å². The largest absolute Gasteiger partial charge is 0.479 e. The summed E-state index contributed by atoms with van der Waals surface area (Å²) in [5.41, 5.74) is 1.35. The molecule has 5 unspecified atom stereocenters. The van der Waals surface area contributed by atoms with Crippen LogP contribution in [0, 0.1) is 0 Å². The maximum Gasteiger partial charge on any atom is 0.335 e. The molecule has 1 aromatic carbocycles. The van der Waals surface area contributed by atoms with Crippen LogP contribution in [0.25, 0.3) is 5.57 Å². The van der Waals surface area contributed by atoms with E-state index < -0.39 is 36.7 Å². The molecule has 1 aliphatic heterocycles. The molecule has 0 spiro atoms. The van der Waals surface area contributed by atoms with E-state index in [-0.39, 0.29) is 5.76 Å². The summed E-state index contributed by atoms with van der Waals surface area (Å²) in [7, 11) is 0.